The van der Waals surface area contributed by atoms with E-state index in [-0.39, 0.29) is 5.54 Å². The molecule has 8 heteroatoms. The average molecular weight is 375 g/mol. The van der Waals surface area contributed by atoms with E-state index in [1.807, 2.05) is 0 Å². The van der Waals surface area contributed by atoms with Crippen molar-refractivity contribution in [2.45, 2.75) is 32.4 Å². The largest absolute Gasteiger partial charge is 0.397 e. The number of nitrogens with two attached hydrogens (primary N) is 2. The van der Waals surface area contributed by atoms with Gasteiger partial charge < -0.3 is 21.1 Å². The fourth-order valence-corrected chi connectivity index (χ4v) is 4.82. The molecule has 0 spiro atoms. The Morgan fingerprint density at radius 1 is 1.27 bits per heavy atom. The maximum atomic E-state index is 11.8. The Bertz CT molecular complexity index is 886. The Balaban J connectivity index is 1.98. The Morgan fingerprint density at radius 3 is 2.62 bits per heavy atom. The van der Waals surface area contributed by atoms with Gasteiger partial charge in [-0.15, -0.1) is 11.3 Å². The van der Waals surface area contributed by atoms with Crippen LogP contribution in [0.15, 0.2) is 0 Å². The van der Waals surface area contributed by atoms with Gasteiger partial charge in [0.05, 0.1) is 18.9 Å². The lowest BCUT2D eigenvalue weighted by molar-refractivity contribution is 0.100. The zero-order valence-corrected chi connectivity index (χ0v) is 16.3. The van der Waals surface area contributed by atoms with Crippen molar-refractivity contribution in [2.24, 2.45) is 5.73 Å². The van der Waals surface area contributed by atoms with Crippen LogP contribution in [-0.2, 0) is 17.7 Å². The van der Waals surface area contributed by atoms with E-state index in [9.17, 15) is 4.79 Å². The van der Waals surface area contributed by atoms with Gasteiger partial charge in [0, 0.05) is 36.1 Å². The molecule has 1 fully saturated rings. The van der Waals surface area contributed by atoms with Crippen LogP contribution >= 0.6 is 11.3 Å². The number of ether oxygens (including phenoxy) is 1. The number of nitrogens with zero attached hydrogens (tertiary/aromatic N) is 3. The van der Waals surface area contributed by atoms with Crippen molar-refractivity contribution >= 4 is 39.0 Å². The molecule has 0 unspecified atom stereocenters. The Kier molecular flexibility index (Phi) is 4.09. The van der Waals surface area contributed by atoms with Crippen LogP contribution in [0.5, 0.6) is 0 Å². The third-order valence-corrected chi connectivity index (χ3v) is 6.76. The molecular formula is C18H25N5O2S. The number of nitrogen functional groups attached to an aromatic ring is 1. The quantitative estimate of drug-likeness (QED) is 0.827. The third-order valence-electron chi connectivity index (χ3n) is 5.64. The van der Waals surface area contributed by atoms with Crippen LogP contribution in [0, 0.1) is 0 Å². The number of aromatic nitrogens is 1. The van der Waals surface area contributed by atoms with Crippen LogP contribution in [0.1, 0.15) is 34.6 Å². The van der Waals surface area contributed by atoms with E-state index < -0.39 is 5.91 Å². The number of primary amides is 1. The molecule has 2 aromatic heterocycles. The highest BCUT2D eigenvalue weighted by atomic mass is 32.1. The Morgan fingerprint density at radius 2 is 1.96 bits per heavy atom. The maximum Gasteiger partial charge on any atom is 0.260 e. The number of fused-ring (bicyclic) bond motifs is 3. The van der Waals surface area contributed by atoms with Crippen LogP contribution < -0.4 is 16.4 Å². The van der Waals surface area contributed by atoms with Crippen LogP contribution in [0.4, 0.5) is 11.5 Å². The van der Waals surface area contributed by atoms with Crippen molar-refractivity contribution in [2.75, 3.05) is 44.0 Å². The van der Waals surface area contributed by atoms with Crippen molar-refractivity contribution < 1.29 is 9.53 Å². The number of anilines is 2. The van der Waals surface area contributed by atoms with Crippen LogP contribution in [0.3, 0.4) is 0 Å². The standard InChI is InChI=1S/C18H25N5O2S/c1-18(2)8-10-11(9-22(18)3)16(23-4-6-25-7-5-23)21-17-12(10)13(19)14(26-17)15(20)24/h4-9,19H2,1-3H3,(H2,20,24). The van der Waals surface area contributed by atoms with E-state index in [2.05, 4.69) is 30.7 Å². The lowest BCUT2D eigenvalue weighted by Gasteiger charge is -2.42. The molecule has 2 aliphatic heterocycles. The number of hydrogen-bond acceptors (Lipinski definition) is 7. The number of amides is 1. The monoisotopic (exact) mass is 375 g/mol. The molecule has 0 atom stereocenters. The second kappa shape index (κ2) is 6.07. The predicted molar refractivity (Wildman–Crippen MR) is 105 cm³/mol. The molecular weight excluding hydrogens is 350 g/mol. The third kappa shape index (κ3) is 2.64. The van der Waals surface area contributed by atoms with Crippen LogP contribution in [0.25, 0.3) is 10.2 Å². The molecule has 0 aromatic carbocycles. The van der Waals surface area contributed by atoms with Gasteiger partial charge in [0.2, 0.25) is 0 Å². The maximum absolute atomic E-state index is 11.8. The van der Waals surface area contributed by atoms with Crippen molar-refractivity contribution in [3.05, 3.63) is 16.0 Å². The Hall–Kier alpha value is -1.90. The van der Waals surface area contributed by atoms with Crippen molar-refractivity contribution in [1.29, 1.82) is 0 Å². The van der Waals surface area contributed by atoms with E-state index in [4.69, 9.17) is 21.2 Å². The van der Waals surface area contributed by atoms with E-state index in [0.29, 0.717) is 23.8 Å². The summed E-state index contributed by atoms with van der Waals surface area (Å²) < 4.78 is 5.50. The molecule has 26 heavy (non-hydrogen) atoms. The van der Waals surface area contributed by atoms with Crippen molar-refractivity contribution in [3.8, 4) is 0 Å². The molecule has 4 N–H and O–H groups in total. The minimum atomic E-state index is -0.487. The molecule has 0 bridgehead atoms. The Labute approximate surface area is 156 Å². The fourth-order valence-electron chi connectivity index (χ4n) is 3.85. The first kappa shape index (κ1) is 17.5. The van der Waals surface area contributed by atoms with E-state index >= 15 is 0 Å². The molecule has 0 radical (unpaired) electrons. The van der Waals surface area contributed by atoms with E-state index in [0.717, 1.165) is 42.1 Å². The molecule has 1 amide bonds. The minimum Gasteiger partial charge on any atom is -0.397 e. The van der Waals surface area contributed by atoms with Gasteiger partial charge in [-0.3, -0.25) is 9.69 Å². The molecule has 4 heterocycles. The second-order valence-corrected chi connectivity index (χ2v) is 8.73. The molecule has 7 nitrogen and oxygen atoms in total. The first-order valence-corrected chi connectivity index (χ1v) is 9.68. The predicted octanol–water partition coefficient (Wildman–Crippen LogP) is 1.58. The first-order valence-electron chi connectivity index (χ1n) is 8.87. The number of likely N-dealkylation sites (N-methyl/N-ethyl adjacent to an activating group) is 1. The molecule has 140 valence electrons. The number of pyridine rings is 1. The highest BCUT2D eigenvalue weighted by Gasteiger charge is 2.36. The number of thiophene rings is 1. The number of carbonyl (C=O) groups excluding carboxylic acids is 1. The normalized spacial score (nSPS) is 20.3. The van der Waals surface area contributed by atoms with Crippen LogP contribution in [-0.4, -0.2) is 54.7 Å². The first-order chi connectivity index (χ1) is 12.3. The van der Waals surface area contributed by atoms with Gasteiger partial charge in [-0.1, -0.05) is 0 Å². The summed E-state index contributed by atoms with van der Waals surface area (Å²) in [5.74, 6) is 0.509. The highest BCUT2D eigenvalue weighted by molar-refractivity contribution is 7.21. The van der Waals surface area contributed by atoms with Gasteiger partial charge in [-0.05, 0) is 32.9 Å². The van der Waals surface area contributed by atoms with Gasteiger partial charge in [0.1, 0.15) is 15.5 Å². The summed E-state index contributed by atoms with van der Waals surface area (Å²) in [5, 5.41) is 0.914. The van der Waals surface area contributed by atoms with Crippen molar-refractivity contribution in [3.63, 3.8) is 0 Å². The van der Waals surface area contributed by atoms with Gasteiger partial charge in [-0.25, -0.2) is 4.98 Å². The highest BCUT2D eigenvalue weighted by Crippen LogP contribution is 2.43. The lowest BCUT2D eigenvalue weighted by atomic mass is 9.84. The molecule has 1 saturated heterocycles. The number of morpholine rings is 1. The summed E-state index contributed by atoms with van der Waals surface area (Å²) in [4.78, 5) is 22.6. The summed E-state index contributed by atoms with van der Waals surface area (Å²) in [6.45, 7) is 8.31. The number of carbonyl (C=O) groups is 1. The average Bonchev–Trinajstić information content (AvgIpc) is 2.93. The summed E-state index contributed by atoms with van der Waals surface area (Å²) in [6, 6.07) is 0. The summed E-state index contributed by atoms with van der Waals surface area (Å²) >= 11 is 1.30. The van der Waals surface area contributed by atoms with Gasteiger partial charge in [0.25, 0.3) is 5.91 Å². The topological polar surface area (TPSA) is 97.7 Å². The summed E-state index contributed by atoms with van der Waals surface area (Å²) in [5.41, 5.74) is 14.8. The number of rotatable bonds is 2. The fraction of sp³-hybridized carbons (Fsp3) is 0.556. The molecule has 0 aliphatic carbocycles. The van der Waals surface area contributed by atoms with E-state index in [1.165, 1.54) is 22.5 Å². The molecule has 4 rings (SSSR count). The lowest BCUT2D eigenvalue weighted by Crippen LogP contribution is -2.47. The molecule has 2 aliphatic rings. The van der Waals surface area contributed by atoms with Crippen LogP contribution in [0.2, 0.25) is 0 Å². The van der Waals surface area contributed by atoms with Gasteiger partial charge >= 0.3 is 0 Å². The van der Waals surface area contributed by atoms with Gasteiger partial charge in [-0.2, -0.15) is 0 Å². The van der Waals surface area contributed by atoms with Gasteiger partial charge in [0.15, 0.2) is 0 Å². The number of hydrogen-bond donors (Lipinski definition) is 2. The van der Waals surface area contributed by atoms with E-state index in [1.54, 1.807) is 0 Å². The summed E-state index contributed by atoms with van der Waals surface area (Å²) in [6.07, 6.45) is 0.855. The van der Waals surface area contributed by atoms with Crippen molar-refractivity contribution in [1.82, 2.24) is 9.88 Å². The molecule has 2 aromatic rings. The smallest absolute Gasteiger partial charge is 0.260 e. The minimum absolute atomic E-state index is 0.00479. The zero-order chi connectivity index (χ0) is 18.6. The second-order valence-electron chi connectivity index (χ2n) is 7.73. The molecule has 0 saturated carbocycles. The summed E-state index contributed by atoms with van der Waals surface area (Å²) in [7, 11) is 2.14. The zero-order valence-electron chi connectivity index (χ0n) is 15.5. The SMILES string of the molecule is CN1Cc2c(N3CCOCC3)nc3sc(C(N)=O)c(N)c3c2CC1(C)C.